The molecule has 0 unspecified atom stereocenters. The van der Waals surface area contributed by atoms with Gasteiger partial charge in [0.05, 0.1) is 6.26 Å². The molecule has 0 aromatic rings. The fourth-order valence-corrected chi connectivity index (χ4v) is 0.299. The van der Waals surface area contributed by atoms with Crippen molar-refractivity contribution in [1.82, 2.24) is 0 Å². The predicted molar refractivity (Wildman–Crippen MR) is 35.2 cm³/mol. The molecule has 0 N–H and O–H groups in total. The number of halogens is 5. The number of alkyl halides is 5. The van der Waals surface area contributed by atoms with Gasteiger partial charge < -0.3 is 4.74 Å². The average molecular weight is 270 g/mol. The van der Waals surface area contributed by atoms with E-state index in [4.69, 9.17) is 0 Å². The molecular formula is C4H3F4IO. The SMILES string of the molecule is C=COC(F)(F)C(F)(F)I. The Morgan fingerprint density at radius 3 is 1.80 bits per heavy atom. The molecule has 0 radical (unpaired) electrons. The van der Waals surface area contributed by atoms with Crippen molar-refractivity contribution in [3.63, 3.8) is 0 Å². The van der Waals surface area contributed by atoms with Gasteiger partial charge in [-0.2, -0.15) is 17.6 Å². The van der Waals surface area contributed by atoms with Gasteiger partial charge in [-0.3, -0.25) is 0 Å². The molecule has 60 valence electrons. The third kappa shape index (κ3) is 2.31. The van der Waals surface area contributed by atoms with Crippen molar-refractivity contribution in [2.24, 2.45) is 0 Å². The van der Waals surface area contributed by atoms with Gasteiger partial charge in [0, 0.05) is 22.6 Å². The monoisotopic (exact) mass is 270 g/mol. The molecule has 0 heterocycles. The molecule has 6 heteroatoms. The summed E-state index contributed by atoms with van der Waals surface area (Å²) in [4.78, 5) is 0. The Morgan fingerprint density at radius 1 is 1.30 bits per heavy atom. The van der Waals surface area contributed by atoms with Gasteiger partial charge in [-0.25, -0.2) is 0 Å². The molecule has 0 aromatic heterocycles. The molecule has 0 saturated carbocycles. The number of hydrogen-bond donors (Lipinski definition) is 0. The average Bonchev–Trinajstić information content (AvgIpc) is 1.61. The van der Waals surface area contributed by atoms with Gasteiger partial charge in [-0.15, -0.1) is 0 Å². The summed E-state index contributed by atoms with van der Waals surface area (Å²) in [5.41, 5.74) is 0. The van der Waals surface area contributed by atoms with Crippen LogP contribution in [0.1, 0.15) is 0 Å². The lowest BCUT2D eigenvalue weighted by molar-refractivity contribution is -0.282. The Morgan fingerprint density at radius 2 is 1.70 bits per heavy atom. The molecule has 0 aliphatic rings. The smallest absolute Gasteiger partial charge is 0.436 e. The lowest BCUT2D eigenvalue weighted by atomic mass is 10.6. The summed E-state index contributed by atoms with van der Waals surface area (Å²) >= 11 is 0.287. The molecule has 0 aliphatic carbocycles. The molecule has 10 heavy (non-hydrogen) atoms. The second kappa shape index (κ2) is 2.93. The highest BCUT2D eigenvalue weighted by Crippen LogP contribution is 2.40. The van der Waals surface area contributed by atoms with Gasteiger partial charge in [0.15, 0.2) is 0 Å². The van der Waals surface area contributed by atoms with Crippen LogP contribution in [0.4, 0.5) is 17.6 Å². The molecule has 0 rings (SSSR count). The van der Waals surface area contributed by atoms with Crippen molar-refractivity contribution in [2.45, 2.75) is 10.0 Å². The normalized spacial score (nSPS) is 12.9. The van der Waals surface area contributed by atoms with Crippen molar-refractivity contribution in [1.29, 1.82) is 0 Å². The second-order valence-electron chi connectivity index (χ2n) is 1.30. The Bertz CT molecular complexity index is 130. The van der Waals surface area contributed by atoms with Crippen LogP contribution < -0.4 is 0 Å². The molecule has 0 saturated heterocycles. The van der Waals surface area contributed by atoms with Crippen molar-refractivity contribution >= 4 is 22.6 Å². The number of rotatable bonds is 3. The van der Waals surface area contributed by atoms with Gasteiger partial charge in [-0.1, -0.05) is 6.58 Å². The van der Waals surface area contributed by atoms with E-state index in [9.17, 15) is 17.6 Å². The highest BCUT2D eigenvalue weighted by Gasteiger charge is 2.56. The molecule has 1 nitrogen and oxygen atoms in total. The minimum absolute atomic E-state index is 0.270. The van der Waals surface area contributed by atoms with Crippen LogP contribution in [0.2, 0.25) is 0 Å². The predicted octanol–water partition coefficient (Wildman–Crippen LogP) is 2.77. The summed E-state index contributed by atoms with van der Waals surface area (Å²) in [6.45, 7) is 2.72. The minimum Gasteiger partial charge on any atom is -0.436 e. The molecule has 0 bridgehead atoms. The first kappa shape index (κ1) is 9.99. The molecule has 0 aromatic carbocycles. The second-order valence-corrected chi connectivity index (χ2v) is 2.65. The summed E-state index contributed by atoms with van der Waals surface area (Å²) in [5.74, 6) is 0. The van der Waals surface area contributed by atoms with Crippen molar-refractivity contribution in [2.75, 3.05) is 0 Å². The molecular weight excluding hydrogens is 267 g/mol. The summed E-state index contributed by atoms with van der Waals surface area (Å²) < 4.78 is 46.3. The van der Waals surface area contributed by atoms with E-state index >= 15 is 0 Å². The third-order valence-corrected chi connectivity index (χ3v) is 1.19. The Labute approximate surface area is 68.2 Å². The van der Waals surface area contributed by atoms with E-state index in [1.807, 2.05) is 0 Å². The largest absolute Gasteiger partial charge is 0.473 e. The summed E-state index contributed by atoms with van der Waals surface area (Å²) in [5, 5.41) is 0. The third-order valence-electron chi connectivity index (χ3n) is 0.561. The van der Waals surface area contributed by atoms with Crippen LogP contribution in [0.5, 0.6) is 0 Å². The van der Waals surface area contributed by atoms with Crippen LogP contribution in [0.25, 0.3) is 0 Å². The van der Waals surface area contributed by atoms with Crippen molar-refractivity contribution in [3.8, 4) is 0 Å². The zero-order chi connectivity index (χ0) is 8.41. The molecule has 0 amide bonds. The van der Waals surface area contributed by atoms with Crippen LogP contribution in [-0.4, -0.2) is 10.0 Å². The molecule has 0 fully saturated rings. The van der Waals surface area contributed by atoms with Gasteiger partial charge in [-0.05, 0) is 0 Å². The van der Waals surface area contributed by atoms with E-state index in [2.05, 4.69) is 11.3 Å². The van der Waals surface area contributed by atoms with E-state index in [1.54, 1.807) is 0 Å². The topological polar surface area (TPSA) is 9.23 Å². The summed E-state index contributed by atoms with van der Waals surface area (Å²) in [7, 11) is 0. The maximum atomic E-state index is 11.9. The van der Waals surface area contributed by atoms with Crippen LogP contribution in [0, 0.1) is 0 Å². The van der Waals surface area contributed by atoms with Gasteiger partial charge in [0.2, 0.25) is 0 Å². The van der Waals surface area contributed by atoms with Crippen molar-refractivity contribution < 1.29 is 22.3 Å². The maximum Gasteiger partial charge on any atom is 0.473 e. The maximum absolute atomic E-state index is 11.9. The van der Waals surface area contributed by atoms with Crippen LogP contribution in [0.15, 0.2) is 12.8 Å². The summed E-state index contributed by atoms with van der Waals surface area (Å²) in [6.07, 6.45) is -4.21. The number of hydrogen-bond acceptors (Lipinski definition) is 1. The Hall–Kier alpha value is -0.0100. The van der Waals surface area contributed by atoms with Gasteiger partial charge in [0.25, 0.3) is 0 Å². The number of ether oxygens (including phenoxy) is 1. The molecule has 0 spiro atoms. The zero-order valence-corrected chi connectivity index (χ0v) is 6.74. The van der Waals surface area contributed by atoms with E-state index in [-0.39, 0.29) is 28.9 Å². The Balaban J connectivity index is 4.23. The van der Waals surface area contributed by atoms with Gasteiger partial charge in [0.1, 0.15) is 0 Å². The van der Waals surface area contributed by atoms with Crippen LogP contribution in [-0.2, 0) is 4.74 Å². The van der Waals surface area contributed by atoms with Gasteiger partial charge >= 0.3 is 10.0 Å². The highest BCUT2D eigenvalue weighted by molar-refractivity contribution is 14.1. The first-order valence-corrected chi connectivity index (χ1v) is 3.12. The fraction of sp³-hybridized carbons (Fsp3) is 0.500. The fourth-order valence-electron chi connectivity index (χ4n) is 0.171. The first-order chi connectivity index (χ1) is 4.31. The molecule has 0 atom stereocenters. The highest BCUT2D eigenvalue weighted by atomic mass is 127. The van der Waals surface area contributed by atoms with Crippen molar-refractivity contribution in [3.05, 3.63) is 12.8 Å². The lowest BCUT2D eigenvalue weighted by Crippen LogP contribution is -2.35. The lowest BCUT2D eigenvalue weighted by Gasteiger charge is -2.19. The Kier molecular flexibility index (Phi) is 2.93. The summed E-state index contributed by atoms with van der Waals surface area (Å²) in [6, 6.07) is 0. The van der Waals surface area contributed by atoms with E-state index in [0.29, 0.717) is 0 Å². The minimum atomic E-state index is -4.48. The van der Waals surface area contributed by atoms with E-state index in [1.165, 1.54) is 0 Å². The van der Waals surface area contributed by atoms with E-state index in [0.717, 1.165) is 0 Å². The molecule has 0 aliphatic heterocycles. The van der Waals surface area contributed by atoms with E-state index < -0.39 is 10.0 Å². The van der Waals surface area contributed by atoms with Crippen LogP contribution in [0.3, 0.4) is 0 Å². The first-order valence-electron chi connectivity index (χ1n) is 2.04. The zero-order valence-electron chi connectivity index (χ0n) is 4.58. The van der Waals surface area contributed by atoms with Crippen LogP contribution >= 0.6 is 22.6 Å². The standard InChI is InChI=1S/C4H3F4IO/c1-2-10-4(7,8)3(5,6)9/h2H,1H2. The quantitative estimate of drug-likeness (QED) is 0.331.